The van der Waals surface area contributed by atoms with Crippen molar-refractivity contribution in [2.75, 3.05) is 27.9 Å². The van der Waals surface area contributed by atoms with Crippen molar-refractivity contribution in [3.63, 3.8) is 0 Å². The van der Waals surface area contributed by atoms with E-state index in [4.69, 9.17) is 21.7 Å². The maximum absolute atomic E-state index is 12.5. The Bertz CT molecular complexity index is 702. The summed E-state index contributed by atoms with van der Waals surface area (Å²) in [7, 11) is 4.43. The van der Waals surface area contributed by atoms with Gasteiger partial charge in [-0.15, -0.1) is 0 Å². The zero-order valence-electron chi connectivity index (χ0n) is 13.5. The van der Waals surface area contributed by atoms with Crippen molar-refractivity contribution in [3.05, 3.63) is 28.7 Å². The van der Waals surface area contributed by atoms with Gasteiger partial charge >= 0.3 is 5.97 Å². The molecule has 0 bridgehead atoms. The van der Waals surface area contributed by atoms with Gasteiger partial charge in [0.15, 0.2) is 0 Å². The standard InChI is InChI=1S/C16H17NO5S2/c1-20-11-4-5-12(21-2)10(8-11)9-13-15(19)17(16(23)24-13)7-6-14(18)22-3/h4-5,8-9H,6-7H2,1-3H3. The number of hydrogen-bond donors (Lipinski definition) is 0. The Hall–Kier alpha value is -2.06. The van der Waals surface area contributed by atoms with Crippen LogP contribution in [0.3, 0.4) is 0 Å². The quantitative estimate of drug-likeness (QED) is 0.435. The highest BCUT2D eigenvalue weighted by Crippen LogP contribution is 2.35. The summed E-state index contributed by atoms with van der Waals surface area (Å²) in [5.74, 6) is 0.653. The molecule has 0 aliphatic carbocycles. The molecule has 0 saturated carbocycles. The molecular formula is C16H17NO5S2. The first-order valence-corrected chi connectivity index (χ1v) is 8.26. The SMILES string of the molecule is COC(=O)CCN1C(=O)C(=Cc2cc(OC)ccc2OC)SC1=S. The van der Waals surface area contributed by atoms with Crippen LogP contribution in [0.5, 0.6) is 11.5 Å². The summed E-state index contributed by atoms with van der Waals surface area (Å²) in [6, 6.07) is 5.32. The van der Waals surface area contributed by atoms with Gasteiger partial charge in [-0.05, 0) is 24.3 Å². The second-order valence-corrected chi connectivity index (χ2v) is 6.44. The van der Waals surface area contributed by atoms with E-state index in [-0.39, 0.29) is 24.8 Å². The largest absolute Gasteiger partial charge is 0.497 e. The first-order chi connectivity index (χ1) is 11.5. The van der Waals surface area contributed by atoms with Crippen LogP contribution in [0.4, 0.5) is 0 Å². The van der Waals surface area contributed by atoms with Gasteiger partial charge in [0.1, 0.15) is 15.8 Å². The van der Waals surface area contributed by atoms with Crippen molar-refractivity contribution in [2.24, 2.45) is 0 Å². The smallest absolute Gasteiger partial charge is 0.307 e. The predicted octanol–water partition coefficient (Wildman–Crippen LogP) is 2.47. The van der Waals surface area contributed by atoms with E-state index in [9.17, 15) is 9.59 Å². The molecule has 128 valence electrons. The highest BCUT2D eigenvalue weighted by Gasteiger charge is 2.32. The summed E-state index contributed by atoms with van der Waals surface area (Å²) >= 11 is 6.42. The average molecular weight is 367 g/mol. The molecule has 0 unspecified atom stereocenters. The zero-order valence-corrected chi connectivity index (χ0v) is 15.2. The molecule has 1 aliphatic rings. The maximum Gasteiger partial charge on any atom is 0.307 e. The number of thioether (sulfide) groups is 1. The molecule has 1 fully saturated rings. The lowest BCUT2D eigenvalue weighted by Gasteiger charge is -2.13. The number of nitrogens with zero attached hydrogens (tertiary/aromatic N) is 1. The van der Waals surface area contributed by atoms with Gasteiger partial charge in [-0.3, -0.25) is 14.5 Å². The van der Waals surface area contributed by atoms with Crippen LogP contribution in [0.25, 0.3) is 6.08 Å². The molecule has 0 aromatic heterocycles. The Morgan fingerprint density at radius 2 is 2.04 bits per heavy atom. The van der Waals surface area contributed by atoms with E-state index in [0.29, 0.717) is 26.3 Å². The van der Waals surface area contributed by atoms with Crippen LogP contribution in [-0.4, -0.2) is 49.0 Å². The van der Waals surface area contributed by atoms with Crippen molar-refractivity contribution in [1.29, 1.82) is 0 Å². The van der Waals surface area contributed by atoms with Crippen LogP contribution in [0, 0.1) is 0 Å². The number of methoxy groups -OCH3 is 3. The number of benzene rings is 1. The van der Waals surface area contributed by atoms with Crippen LogP contribution in [0.2, 0.25) is 0 Å². The second kappa shape index (κ2) is 8.16. The van der Waals surface area contributed by atoms with Crippen molar-refractivity contribution >= 4 is 46.3 Å². The molecule has 0 atom stereocenters. The van der Waals surface area contributed by atoms with Crippen LogP contribution in [-0.2, 0) is 14.3 Å². The number of amides is 1. The van der Waals surface area contributed by atoms with E-state index in [1.165, 1.54) is 23.8 Å². The van der Waals surface area contributed by atoms with Gasteiger partial charge in [0.05, 0.1) is 32.7 Å². The van der Waals surface area contributed by atoms with Gasteiger partial charge in [-0.1, -0.05) is 24.0 Å². The Labute approximate surface area is 149 Å². The van der Waals surface area contributed by atoms with Crippen LogP contribution in [0.15, 0.2) is 23.1 Å². The molecule has 0 N–H and O–H groups in total. The fraction of sp³-hybridized carbons (Fsp3) is 0.312. The van der Waals surface area contributed by atoms with E-state index < -0.39 is 0 Å². The van der Waals surface area contributed by atoms with Gasteiger partial charge in [0, 0.05) is 12.1 Å². The topological polar surface area (TPSA) is 65.1 Å². The molecule has 1 aliphatic heterocycles. The van der Waals surface area contributed by atoms with Crippen molar-refractivity contribution in [2.45, 2.75) is 6.42 Å². The van der Waals surface area contributed by atoms with E-state index >= 15 is 0 Å². The molecule has 2 rings (SSSR count). The van der Waals surface area contributed by atoms with Gasteiger partial charge < -0.3 is 14.2 Å². The number of thiocarbonyl (C=S) groups is 1. The highest BCUT2D eigenvalue weighted by atomic mass is 32.2. The number of carbonyl (C=O) groups excluding carboxylic acids is 2. The van der Waals surface area contributed by atoms with Crippen molar-refractivity contribution < 1.29 is 23.8 Å². The third-order valence-electron chi connectivity index (χ3n) is 3.36. The summed E-state index contributed by atoms with van der Waals surface area (Å²) in [4.78, 5) is 25.6. The first kappa shape index (κ1) is 18.3. The number of rotatable bonds is 6. The minimum atomic E-state index is -0.387. The lowest BCUT2D eigenvalue weighted by molar-refractivity contribution is -0.140. The minimum Gasteiger partial charge on any atom is -0.497 e. The molecule has 1 aromatic carbocycles. The monoisotopic (exact) mass is 367 g/mol. The molecule has 0 spiro atoms. The normalized spacial score (nSPS) is 15.8. The first-order valence-electron chi connectivity index (χ1n) is 7.04. The molecule has 1 amide bonds. The van der Waals surface area contributed by atoms with E-state index in [1.807, 2.05) is 0 Å². The fourth-order valence-electron chi connectivity index (χ4n) is 2.09. The lowest BCUT2D eigenvalue weighted by atomic mass is 10.1. The summed E-state index contributed by atoms with van der Waals surface area (Å²) in [5, 5.41) is 0. The number of carbonyl (C=O) groups is 2. The van der Waals surface area contributed by atoms with Gasteiger partial charge in [-0.2, -0.15) is 0 Å². The minimum absolute atomic E-state index is 0.0959. The van der Waals surface area contributed by atoms with E-state index in [0.717, 1.165) is 0 Å². The molecule has 1 heterocycles. The third kappa shape index (κ3) is 4.07. The van der Waals surface area contributed by atoms with E-state index in [1.54, 1.807) is 38.5 Å². The van der Waals surface area contributed by atoms with E-state index in [2.05, 4.69) is 4.74 Å². The Balaban J connectivity index is 2.23. The van der Waals surface area contributed by atoms with Crippen LogP contribution < -0.4 is 9.47 Å². The number of ether oxygens (including phenoxy) is 3. The highest BCUT2D eigenvalue weighted by molar-refractivity contribution is 8.26. The molecule has 24 heavy (non-hydrogen) atoms. The zero-order chi connectivity index (χ0) is 17.7. The van der Waals surface area contributed by atoms with Crippen molar-refractivity contribution in [1.82, 2.24) is 4.90 Å². The Morgan fingerprint density at radius 1 is 1.29 bits per heavy atom. The molecular weight excluding hydrogens is 350 g/mol. The summed E-state index contributed by atoms with van der Waals surface area (Å²) < 4.78 is 15.5. The number of hydrogen-bond acceptors (Lipinski definition) is 7. The molecule has 1 saturated heterocycles. The lowest BCUT2D eigenvalue weighted by Crippen LogP contribution is -2.30. The van der Waals surface area contributed by atoms with Gasteiger partial charge in [0.25, 0.3) is 5.91 Å². The maximum atomic E-state index is 12.5. The Kier molecular flexibility index (Phi) is 6.22. The van der Waals surface area contributed by atoms with Gasteiger partial charge in [-0.25, -0.2) is 0 Å². The molecule has 0 radical (unpaired) electrons. The Morgan fingerprint density at radius 3 is 2.67 bits per heavy atom. The fourth-order valence-corrected chi connectivity index (χ4v) is 3.39. The van der Waals surface area contributed by atoms with Crippen molar-refractivity contribution in [3.8, 4) is 11.5 Å². The second-order valence-electron chi connectivity index (χ2n) is 4.77. The summed E-state index contributed by atoms with van der Waals surface area (Å²) in [6.07, 6.45) is 1.80. The molecule has 1 aromatic rings. The predicted molar refractivity (Wildman–Crippen MR) is 96.1 cm³/mol. The van der Waals surface area contributed by atoms with Crippen LogP contribution in [0.1, 0.15) is 12.0 Å². The van der Waals surface area contributed by atoms with Gasteiger partial charge in [0.2, 0.25) is 0 Å². The third-order valence-corrected chi connectivity index (χ3v) is 4.74. The average Bonchev–Trinajstić information content (AvgIpc) is 2.86. The van der Waals surface area contributed by atoms with Crippen LogP contribution >= 0.6 is 24.0 Å². The molecule has 8 heteroatoms. The summed E-state index contributed by atoms with van der Waals surface area (Å²) in [5.41, 5.74) is 0.713. The molecule has 6 nitrogen and oxygen atoms in total. The number of esters is 1. The summed E-state index contributed by atoms with van der Waals surface area (Å²) in [6.45, 7) is 0.198.